The van der Waals surface area contributed by atoms with Gasteiger partial charge in [-0.1, -0.05) is 11.5 Å². The van der Waals surface area contributed by atoms with Crippen molar-refractivity contribution in [3.63, 3.8) is 0 Å². The van der Waals surface area contributed by atoms with Gasteiger partial charge in [-0.2, -0.15) is 0 Å². The SMILES string of the molecule is C=C=C=C1CC1. The Hall–Kier alpha value is -0.700. The predicted octanol–water partition coefficient (Wildman–Crippen LogP) is 1.65. The second-order valence-corrected chi connectivity index (χ2v) is 1.41. The third kappa shape index (κ3) is 0.621. The molecule has 0 aromatic carbocycles. The van der Waals surface area contributed by atoms with E-state index in [1.807, 2.05) is 0 Å². The van der Waals surface area contributed by atoms with Gasteiger partial charge in [0.25, 0.3) is 0 Å². The van der Waals surface area contributed by atoms with Crippen LogP contribution in [-0.4, -0.2) is 0 Å². The van der Waals surface area contributed by atoms with Gasteiger partial charge in [0, 0.05) is 0 Å². The molecule has 1 aliphatic carbocycles. The Morgan fingerprint density at radius 3 is 2.33 bits per heavy atom. The van der Waals surface area contributed by atoms with Gasteiger partial charge in [0.15, 0.2) is 0 Å². The first-order chi connectivity index (χ1) is 2.93. The van der Waals surface area contributed by atoms with Crippen LogP contribution in [0, 0.1) is 0 Å². The van der Waals surface area contributed by atoms with Crippen LogP contribution < -0.4 is 0 Å². The van der Waals surface area contributed by atoms with Crippen molar-refractivity contribution in [3.05, 3.63) is 23.6 Å². The highest BCUT2D eigenvalue weighted by Crippen LogP contribution is 2.25. The third-order valence-corrected chi connectivity index (χ3v) is 0.765. The molecule has 1 aliphatic rings. The minimum atomic E-state index is 1.22. The molecule has 0 bridgehead atoms. The topological polar surface area (TPSA) is 0 Å². The molecule has 0 spiro atoms. The smallest absolute Gasteiger partial charge is 0.0193 e. The standard InChI is InChI=1S/C6H6/c1-2-3-6-4-5-6/h1,4-5H2. The van der Waals surface area contributed by atoms with E-state index in [-0.39, 0.29) is 0 Å². The molecule has 0 heteroatoms. The fourth-order valence-electron chi connectivity index (χ4n) is 0.312. The molecular weight excluding hydrogens is 72.1 g/mol. The molecule has 0 atom stereocenters. The molecule has 1 rings (SSSR count). The van der Waals surface area contributed by atoms with Crippen molar-refractivity contribution < 1.29 is 0 Å². The maximum atomic E-state index is 3.38. The number of hydrogen-bond acceptors (Lipinski definition) is 0. The monoisotopic (exact) mass is 78.0 g/mol. The van der Waals surface area contributed by atoms with Crippen LogP contribution in [0.25, 0.3) is 0 Å². The Bertz CT molecular complexity index is 124. The molecule has 0 aromatic rings. The van der Waals surface area contributed by atoms with E-state index in [2.05, 4.69) is 18.0 Å². The average Bonchev–Trinajstić information content (AvgIpc) is 2.21. The Morgan fingerprint density at radius 2 is 2.17 bits per heavy atom. The first-order valence-corrected chi connectivity index (χ1v) is 2.06. The summed E-state index contributed by atoms with van der Waals surface area (Å²) in [7, 11) is 0. The van der Waals surface area contributed by atoms with Crippen LogP contribution in [0.3, 0.4) is 0 Å². The highest BCUT2D eigenvalue weighted by Gasteiger charge is 2.08. The van der Waals surface area contributed by atoms with Gasteiger partial charge in [-0.15, -0.1) is 0 Å². The second-order valence-electron chi connectivity index (χ2n) is 1.41. The van der Waals surface area contributed by atoms with Crippen LogP contribution in [0.4, 0.5) is 0 Å². The summed E-state index contributed by atoms with van der Waals surface area (Å²) in [4.78, 5) is 0. The first-order valence-electron chi connectivity index (χ1n) is 2.06. The summed E-state index contributed by atoms with van der Waals surface area (Å²) in [6.07, 6.45) is 2.45. The minimum Gasteiger partial charge on any atom is -0.0782 e. The van der Waals surface area contributed by atoms with E-state index in [1.165, 1.54) is 18.4 Å². The van der Waals surface area contributed by atoms with Crippen LogP contribution in [0.15, 0.2) is 23.6 Å². The molecule has 0 radical (unpaired) electrons. The van der Waals surface area contributed by atoms with Crippen molar-refractivity contribution in [1.82, 2.24) is 0 Å². The van der Waals surface area contributed by atoms with E-state index in [0.717, 1.165) is 0 Å². The largest absolute Gasteiger partial charge is 0.0782 e. The summed E-state index contributed by atoms with van der Waals surface area (Å²) in [6.45, 7) is 3.38. The molecule has 0 amide bonds. The van der Waals surface area contributed by atoms with Gasteiger partial charge >= 0.3 is 0 Å². The highest BCUT2D eigenvalue weighted by atomic mass is 14.1. The van der Waals surface area contributed by atoms with Gasteiger partial charge in [-0.25, -0.2) is 0 Å². The van der Waals surface area contributed by atoms with E-state index < -0.39 is 0 Å². The molecule has 0 aliphatic heterocycles. The molecule has 0 heterocycles. The number of hydrogen-bond donors (Lipinski definition) is 0. The number of allylic oxidation sites excluding steroid dienone is 1. The molecule has 0 nitrogen and oxygen atoms in total. The van der Waals surface area contributed by atoms with Crippen LogP contribution >= 0.6 is 0 Å². The molecule has 1 fully saturated rings. The van der Waals surface area contributed by atoms with Gasteiger partial charge in [0.1, 0.15) is 0 Å². The Morgan fingerprint density at radius 1 is 1.50 bits per heavy atom. The molecule has 0 aromatic heterocycles. The molecule has 6 heavy (non-hydrogen) atoms. The fraction of sp³-hybridized carbons (Fsp3) is 0.333. The highest BCUT2D eigenvalue weighted by molar-refractivity contribution is 5.14. The van der Waals surface area contributed by atoms with E-state index >= 15 is 0 Å². The van der Waals surface area contributed by atoms with E-state index in [1.54, 1.807) is 0 Å². The fourth-order valence-corrected chi connectivity index (χ4v) is 0.312. The van der Waals surface area contributed by atoms with E-state index in [9.17, 15) is 0 Å². The molecule has 0 saturated heterocycles. The summed E-state index contributed by atoms with van der Waals surface area (Å²) in [5, 5.41) is 0. The van der Waals surface area contributed by atoms with Crippen LogP contribution in [0.5, 0.6) is 0 Å². The van der Waals surface area contributed by atoms with Gasteiger partial charge in [0.05, 0.1) is 0 Å². The van der Waals surface area contributed by atoms with Gasteiger partial charge in [0.2, 0.25) is 0 Å². The lowest BCUT2D eigenvalue weighted by atomic mass is 10.6. The van der Waals surface area contributed by atoms with Crippen molar-refractivity contribution in [2.45, 2.75) is 12.8 Å². The maximum Gasteiger partial charge on any atom is -0.0193 e. The second kappa shape index (κ2) is 1.18. The van der Waals surface area contributed by atoms with E-state index in [0.29, 0.717) is 0 Å². The maximum absolute atomic E-state index is 3.38. The summed E-state index contributed by atoms with van der Waals surface area (Å²) >= 11 is 0. The van der Waals surface area contributed by atoms with Crippen molar-refractivity contribution in [1.29, 1.82) is 0 Å². The molecule has 0 unspecified atom stereocenters. The van der Waals surface area contributed by atoms with Crippen LogP contribution in [0.1, 0.15) is 12.8 Å². The van der Waals surface area contributed by atoms with Crippen molar-refractivity contribution in [2.24, 2.45) is 0 Å². The zero-order valence-corrected chi connectivity index (χ0v) is 3.62. The lowest BCUT2D eigenvalue weighted by Gasteiger charge is -1.43. The van der Waals surface area contributed by atoms with Gasteiger partial charge in [-0.3, -0.25) is 0 Å². The minimum absolute atomic E-state index is 1.22. The van der Waals surface area contributed by atoms with Gasteiger partial charge < -0.3 is 0 Å². The lowest BCUT2D eigenvalue weighted by molar-refractivity contribution is 1.50. The zero-order valence-electron chi connectivity index (χ0n) is 3.62. The Kier molecular flexibility index (Phi) is 0.686. The summed E-state index contributed by atoms with van der Waals surface area (Å²) in [5.41, 5.74) is 6.83. The molecule has 1 saturated carbocycles. The summed E-state index contributed by atoms with van der Waals surface area (Å²) in [5.74, 6) is 0. The first kappa shape index (κ1) is 3.49. The molecule has 30 valence electrons. The van der Waals surface area contributed by atoms with E-state index in [4.69, 9.17) is 0 Å². The molecular formula is C6H6. The average molecular weight is 78.1 g/mol. The molecule has 0 N–H and O–H groups in total. The van der Waals surface area contributed by atoms with Crippen LogP contribution in [-0.2, 0) is 0 Å². The predicted molar refractivity (Wildman–Crippen MR) is 25.4 cm³/mol. The number of rotatable bonds is 0. The quantitative estimate of drug-likeness (QED) is 0.386. The third-order valence-electron chi connectivity index (χ3n) is 0.765. The summed E-state index contributed by atoms with van der Waals surface area (Å²) < 4.78 is 0. The Labute approximate surface area is 37.5 Å². The van der Waals surface area contributed by atoms with Crippen molar-refractivity contribution >= 4 is 0 Å². The Balaban J connectivity index is 2.90. The van der Waals surface area contributed by atoms with Gasteiger partial charge in [-0.05, 0) is 25.0 Å². The summed E-state index contributed by atoms with van der Waals surface area (Å²) in [6, 6.07) is 0. The van der Waals surface area contributed by atoms with Crippen LogP contribution in [0.2, 0.25) is 0 Å². The normalized spacial score (nSPS) is 15.7. The van der Waals surface area contributed by atoms with Crippen molar-refractivity contribution in [3.8, 4) is 0 Å². The zero-order chi connectivity index (χ0) is 4.41. The van der Waals surface area contributed by atoms with Crippen molar-refractivity contribution in [2.75, 3.05) is 0 Å². The lowest BCUT2D eigenvalue weighted by Crippen LogP contribution is -1.24.